The molecular weight excluding hydrogens is 224 g/mol. The SMILES string of the molecule is Clc1ccccc1-n1cc2ncncc2n1. The zero-order valence-corrected chi connectivity index (χ0v) is 8.96. The van der Waals surface area contributed by atoms with Gasteiger partial charge in [0, 0.05) is 0 Å². The average Bonchev–Trinajstić information content (AvgIpc) is 2.73. The number of nitrogens with zero attached hydrogens (tertiary/aromatic N) is 4. The fourth-order valence-corrected chi connectivity index (χ4v) is 1.75. The number of para-hydroxylation sites is 1. The van der Waals surface area contributed by atoms with Crippen LogP contribution in [0.4, 0.5) is 0 Å². The lowest BCUT2D eigenvalue weighted by Crippen LogP contribution is -1.94. The van der Waals surface area contributed by atoms with Crippen LogP contribution in [0, 0.1) is 0 Å². The Balaban J connectivity index is 2.23. The Bertz CT molecular complexity index is 614. The van der Waals surface area contributed by atoms with Gasteiger partial charge in [0.25, 0.3) is 0 Å². The van der Waals surface area contributed by atoms with E-state index in [0.717, 1.165) is 16.7 Å². The monoisotopic (exact) mass is 230 g/mol. The summed E-state index contributed by atoms with van der Waals surface area (Å²) in [5.41, 5.74) is 2.39. The number of fused-ring (bicyclic) bond motifs is 1. The molecule has 1 aromatic carbocycles. The van der Waals surface area contributed by atoms with Gasteiger partial charge in [-0.1, -0.05) is 23.7 Å². The number of benzene rings is 1. The molecule has 2 heterocycles. The first-order valence-corrected chi connectivity index (χ1v) is 5.13. The van der Waals surface area contributed by atoms with Gasteiger partial charge in [0.05, 0.1) is 23.1 Å². The lowest BCUT2D eigenvalue weighted by molar-refractivity contribution is 0.896. The van der Waals surface area contributed by atoms with Crippen molar-refractivity contribution in [1.29, 1.82) is 0 Å². The van der Waals surface area contributed by atoms with Crippen LogP contribution in [0.5, 0.6) is 0 Å². The Kier molecular flexibility index (Phi) is 2.08. The van der Waals surface area contributed by atoms with Crippen molar-refractivity contribution in [3.05, 3.63) is 48.0 Å². The van der Waals surface area contributed by atoms with Gasteiger partial charge in [0.1, 0.15) is 17.4 Å². The van der Waals surface area contributed by atoms with Gasteiger partial charge in [-0.05, 0) is 12.1 Å². The maximum atomic E-state index is 6.09. The molecule has 0 aliphatic heterocycles. The first-order valence-electron chi connectivity index (χ1n) is 4.75. The summed E-state index contributed by atoms with van der Waals surface area (Å²) in [7, 11) is 0. The van der Waals surface area contributed by atoms with Gasteiger partial charge in [0.15, 0.2) is 0 Å². The van der Waals surface area contributed by atoms with Gasteiger partial charge >= 0.3 is 0 Å². The maximum absolute atomic E-state index is 6.09. The summed E-state index contributed by atoms with van der Waals surface area (Å²) in [5, 5.41) is 5.01. The van der Waals surface area contributed by atoms with Crippen LogP contribution in [0.2, 0.25) is 5.02 Å². The molecule has 3 aromatic rings. The summed E-state index contributed by atoms with van der Waals surface area (Å²) in [4.78, 5) is 8.04. The molecule has 0 saturated carbocycles. The zero-order chi connectivity index (χ0) is 11.0. The maximum Gasteiger partial charge on any atom is 0.130 e. The van der Waals surface area contributed by atoms with Gasteiger partial charge in [-0.25, -0.2) is 14.6 Å². The Morgan fingerprint density at radius 3 is 2.81 bits per heavy atom. The Morgan fingerprint density at radius 2 is 2.00 bits per heavy atom. The minimum absolute atomic E-state index is 0.656. The molecule has 78 valence electrons. The predicted octanol–water partition coefficient (Wildman–Crippen LogP) is 2.47. The normalized spacial score (nSPS) is 10.8. The second kappa shape index (κ2) is 3.57. The highest BCUT2D eigenvalue weighted by atomic mass is 35.5. The Morgan fingerprint density at radius 1 is 1.12 bits per heavy atom. The highest BCUT2D eigenvalue weighted by Crippen LogP contribution is 2.20. The highest BCUT2D eigenvalue weighted by molar-refractivity contribution is 6.32. The second-order valence-electron chi connectivity index (χ2n) is 3.32. The van der Waals surface area contributed by atoms with Crippen molar-refractivity contribution in [3.8, 4) is 5.69 Å². The first kappa shape index (κ1) is 9.30. The van der Waals surface area contributed by atoms with E-state index < -0.39 is 0 Å². The molecule has 0 fully saturated rings. The van der Waals surface area contributed by atoms with Crippen molar-refractivity contribution >= 4 is 22.6 Å². The second-order valence-corrected chi connectivity index (χ2v) is 3.73. The van der Waals surface area contributed by atoms with Crippen LogP contribution in [0.1, 0.15) is 0 Å². The van der Waals surface area contributed by atoms with Crippen LogP contribution in [-0.2, 0) is 0 Å². The fraction of sp³-hybridized carbons (Fsp3) is 0. The molecular formula is C11H7ClN4. The largest absolute Gasteiger partial charge is 0.242 e. The van der Waals surface area contributed by atoms with Gasteiger partial charge in [-0.2, -0.15) is 5.10 Å². The van der Waals surface area contributed by atoms with E-state index in [4.69, 9.17) is 11.6 Å². The van der Waals surface area contributed by atoms with Crippen LogP contribution in [-0.4, -0.2) is 19.7 Å². The molecule has 2 aromatic heterocycles. The summed E-state index contributed by atoms with van der Waals surface area (Å²) in [6, 6.07) is 7.53. The van der Waals surface area contributed by atoms with Crippen LogP contribution in [0.25, 0.3) is 16.7 Å². The van der Waals surface area contributed by atoms with E-state index in [1.165, 1.54) is 6.33 Å². The lowest BCUT2D eigenvalue weighted by Gasteiger charge is -2.01. The van der Waals surface area contributed by atoms with E-state index in [1.807, 2.05) is 30.5 Å². The smallest absolute Gasteiger partial charge is 0.130 e. The van der Waals surface area contributed by atoms with Crippen molar-refractivity contribution in [1.82, 2.24) is 19.7 Å². The fourth-order valence-electron chi connectivity index (χ4n) is 1.53. The molecule has 0 saturated heterocycles. The molecule has 5 heteroatoms. The summed E-state index contributed by atoms with van der Waals surface area (Å²) >= 11 is 6.09. The van der Waals surface area contributed by atoms with Crippen molar-refractivity contribution in [2.45, 2.75) is 0 Å². The van der Waals surface area contributed by atoms with Crippen LogP contribution < -0.4 is 0 Å². The molecule has 0 N–H and O–H groups in total. The molecule has 3 rings (SSSR count). The zero-order valence-electron chi connectivity index (χ0n) is 8.21. The molecule has 16 heavy (non-hydrogen) atoms. The highest BCUT2D eigenvalue weighted by Gasteiger charge is 2.05. The van der Waals surface area contributed by atoms with E-state index in [9.17, 15) is 0 Å². The molecule has 0 bridgehead atoms. The molecule has 0 unspecified atom stereocenters. The van der Waals surface area contributed by atoms with Gasteiger partial charge < -0.3 is 0 Å². The minimum Gasteiger partial charge on any atom is -0.242 e. The summed E-state index contributed by atoms with van der Waals surface area (Å²) in [6.45, 7) is 0. The third-order valence-corrected chi connectivity index (χ3v) is 2.60. The molecule has 0 atom stereocenters. The molecule has 0 radical (unpaired) electrons. The van der Waals surface area contributed by atoms with Crippen molar-refractivity contribution in [3.63, 3.8) is 0 Å². The predicted molar refractivity (Wildman–Crippen MR) is 61.7 cm³/mol. The lowest BCUT2D eigenvalue weighted by atomic mass is 10.3. The first-order chi connectivity index (χ1) is 7.84. The van der Waals surface area contributed by atoms with E-state index in [0.29, 0.717) is 5.02 Å². The summed E-state index contributed by atoms with van der Waals surface area (Å²) in [6.07, 6.45) is 5.01. The minimum atomic E-state index is 0.656. The Labute approximate surface area is 96.5 Å². The Hall–Kier alpha value is -1.94. The number of aromatic nitrogens is 4. The quantitative estimate of drug-likeness (QED) is 0.645. The molecule has 0 amide bonds. The summed E-state index contributed by atoms with van der Waals surface area (Å²) < 4.78 is 1.71. The van der Waals surface area contributed by atoms with Crippen molar-refractivity contribution < 1.29 is 0 Å². The average molecular weight is 231 g/mol. The number of hydrogen-bond donors (Lipinski definition) is 0. The standard InChI is InChI=1S/C11H7ClN4/c12-8-3-1-2-4-11(8)16-6-10-9(15-16)5-13-7-14-10/h1-7H. The van der Waals surface area contributed by atoms with Crippen molar-refractivity contribution in [2.24, 2.45) is 0 Å². The third-order valence-electron chi connectivity index (χ3n) is 2.28. The van der Waals surface area contributed by atoms with Crippen molar-refractivity contribution in [2.75, 3.05) is 0 Å². The van der Waals surface area contributed by atoms with Gasteiger partial charge in [0.2, 0.25) is 0 Å². The molecule has 0 aliphatic carbocycles. The number of rotatable bonds is 1. The number of halogens is 1. The van der Waals surface area contributed by atoms with Gasteiger partial charge in [-0.15, -0.1) is 0 Å². The summed E-state index contributed by atoms with van der Waals surface area (Å²) in [5.74, 6) is 0. The van der Waals surface area contributed by atoms with E-state index >= 15 is 0 Å². The molecule has 0 spiro atoms. The van der Waals surface area contributed by atoms with E-state index in [-0.39, 0.29) is 0 Å². The number of hydrogen-bond acceptors (Lipinski definition) is 3. The van der Waals surface area contributed by atoms with Crippen LogP contribution >= 0.6 is 11.6 Å². The topological polar surface area (TPSA) is 43.6 Å². The molecule has 0 aliphatic rings. The van der Waals surface area contributed by atoms with Crippen LogP contribution in [0.15, 0.2) is 43.0 Å². The van der Waals surface area contributed by atoms with E-state index in [1.54, 1.807) is 10.9 Å². The van der Waals surface area contributed by atoms with Crippen LogP contribution in [0.3, 0.4) is 0 Å². The molecule has 4 nitrogen and oxygen atoms in total. The third kappa shape index (κ3) is 1.44. The van der Waals surface area contributed by atoms with E-state index in [2.05, 4.69) is 15.1 Å². The van der Waals surface area contributed by atoms with Gasteiger partial charge in [-0.3, -0.25) is 0 Å².